The number of hydrogen-bond acceptors (Lipinski definition) is 4. The lowest BCUT2D eigenvalue weighted by Crippen LogP contribution is -2.46. The van der Waals surface area contributed by atoms with Crippen molar-refractivity contribution in [2.24, 2.45) is 5.92 Å². The number of rotatable bonds is 4. The van der Waals surface area contributed by atoms with Crippen LogP contribution in [0.5, 0.6) is 0 Å². The van der Waals surface area contributed by atoms with Gasteiger partial charge in [0.25, 0.3) is 10.2 Å². The van der Waals surface area contributed by atoms with Crippen molar-refractivity contribution < 1.29 is 17.9 Å². The van der Waals surface area contributed by atoms with Crippen LogP contribution in [0.25, 0.3) is 0 Å². The Balaban J connectivity index is 2.47. The zero-order valence-corrected chi connectivity index (χ0v) is 10.4. The molecule has 1 saturated heterocycles. The van der Waals surface area contributed by atoms with Gasteiger partial charge in [-0.2, -0.15) is 17.4 Å². The molecule has 7 heteroatoms. The van der Waals surface area contributed by atoms with E-state index in [1.165, 1.54) is 11.4 Å². The van der Waals surface area contributed by atoms with E-state index in [1.807, 2.05) is 0 Å². The summed E-state index contributed by atoms with van der Waals surface area (Å²) in [5, 5.41) is 0. The zero-order chi connectivity index (χ0) is 12.2. The van der Waals surface area contributed by atoms with E-state index in [0.29, 0.717) is 19.0 Å². The number of methoxy groups -OCH3 is 1. The van der Waals surface area contributed by atoms with Crippen LogP contribution < -0.4 is 4.72 Å². The summed E-state index contributed by atoms with van der Waals surface area (Å²) >= 11 is 0. The van der Waals surface area contributed by atoms with Crippen LogP contribution in [-0.4, -0.2) is 45.4 Å². The van der Waals surface area contributed by atoms with Gasteiger partial charge in [-0.25, -0.2) is 0 Å². The Morgan fingerprint density at radius 1 is 1.44 bits per heavy atom. The minimum atomic E-state index is -3.53. The van der Waals surface area contributed by atoms with E-state index in [-0.39, 0.29) is 6.54 Å². The third-order valence-electron chi connectivity index (χ3n) is 2.71. The molecule has 0 radical (unpaired) electrons. The number of carbonyl (C=O) groups excluding carboxylic acids is 1. The second-order valence-electron chi connectivity index (χ2n) is 3.98. The van der Waals surface area contributed by atoms with Crippen LogP contribution in [0.1, 0.15) is 19.8 Å². The predicted molar refractivity (Wildman–Crippen MR) is 58.9 cm³/mol. The highest BCUT2D eigenvalue weighted by molar-refractivity contribution is 7.87. The Morgan fingerprint density at radius 2 is 2.00 bits per heavy atom. The normalized spacial score (nSPS) is 19.6. The summed E-state index contributed by atoms with van der Waals surface area (Å²) in [6, 6.07) is 0. The first-order valence-electron chi connectivity index (χ1n) is 5.27. The van der Waals surface area contributed by atoms with Gasteiger partial charge >= 0.3 is 5.97 Å². The van der Waals surface area contributed by atoms with Crippen LogP contribution in [0.15, 0.2) is 0 Å². The van der Waals surface area contributed by atoms with E-state index in [0.717, 1.165) is 12.8 Å². The molecule has 1 heterocycles. The van der Waals surface area contributed by atoms with E-state index in [9.17, 15) is 13.2 Å². The molecule has 0 amide bonds. The summed E-state index contributed by atoms with van der Waals surface area (Å²) in [4.78, 5) is 10.8. The number of carbonyl (C=O) groups is 1. The van der Waals surface area contributed by atoms with Crippen molar-refractivity contribution in [2.75, 3.05) is 26.7 Å². The molecule has 0 bridgehead atoms. The van der Waals surface area contributed by atoms with Crippen molar-refractivity contribution >= 4 is 16.2 Å². The average molecular weight is 250 g/mol. The number of nitrogens with one attached hydrogen (secondary N) is 1. The number of hydrogen-bond donors (Lipinski definition) is 1. The summed E-state index contributed by atoms with van der Waals surface area (Å²) in [5.41, 5.74) is 0. The van der Waals surface area contributed by atoms with Gasteiger partial charge in [0.15, 0.2) is 0 Å². The van der Waals surface area contributed by atoms with E-state index in [2.05, 4.69) is 16.4 Å². The van der Waals surface area contributed by atoms with Gasteiger partial charge in [0, 0.05) is 13.1 Å². The highest BCUT2D eigenvalue weighted by Crippen LogP contribution is 2.17. The van der Waals surface area contributed by atoms with Gasteiger partial charge in [0.1, 0.15) is 6.54 Å². The molecule has 0 aromatic carbocycles. The van der Waals surface area contributed by atoms with Crippen molar-refractivity contribution in [3.05, 3.63) is 0 Å². The highest BCUT2D eigenvalue weighted by atomic mass is 32.2. The lowest BCUT2D eigenvalue weighted by atomic mass is 10.0. The third-order valence-corrected chi connectivity index (χ3v) is 4.26. The van der Waals surface area contributed by atoms with Crippen LogP contribution in [0, 0.1) is 5.92 Å². The molecule has 1 rings (SSSR count). The van der Waals surface area contributed by atoms with Crippen LogP contribution >= 0.6 is 0 Å². The van der Waals surface area contributed by atoms with Crippen LogP contribution in [0.3, 0.4) is 0 Å². The number of ether oxygens (including phenoxy) is 1. The van der Waals surface area contributed by atoms with Gasteiger partial charge in [-0.1, -0.05) is 6.92 Å². The molecular formula is C9H18N2O4S. The quantitative estimate of drug-likeness (QED) is 0.697. The summed E-state index contributed by atoms with van der Waals surface area (Å²) < 4.78 is 31.4. The standard InChI is InChI=1S/C9H18N2O4S/c1-8-3-5-11(6-4-8)16(13,14)10-7-9(12)15-2/h8,10H,3-7H2,1-2H3. The zero-order valence-electron chi connectivity index (χ0n) is 9.60. The fraction of sp³-hybridized carbons (Fsp3) is 0.889. The molecular weight excluding hydrogens is 232 g/mol. The van der Waals surface area contributed by atoms with Crippen molar-refractivity contribution in [3.63, 3.8) is 0 Å². The van der Waals surface area contributed by atoms with Gasteiger partial charge in [0.2, 0.25) is 0 Å². The van der Waals surface area contributed by atoms with Crippen molar-refractivity contribution in [1.29, 1.82) is 0 Å². The molecule has 94 valence electrons. The molecule has 16 heavy (non-hydrogen) atoms. The number of esters is 1. The average Bonchev–Trinajstić information content (AvgIpc) is 2.26. The van der Waals surface area contributed by atoms with Crippen LogP contribution in [-0.2, 0) is 19.7 Å². The lowest BCUT2D eigenvalue weighted by molar-refractivity contribution is -0.139. The molecule has 0 aromatic rings. The molecule has 0 spiro atoms. The molecule has 0 aliphatic carbocycles. The smallest absolute Gasteiger partial charge is 0.320 e. The molecule has 0 saturated carbocycles. The number of nitrogens with zero attached hydrogens (tertiary/aromatic N) is 1. The maximum Gasteiger partial charge on any atom is 0.320 e. The van der Waals surface area contributed by atoms with E-state index in [4.69, 9.17) is 0 Å². The maximum atomic E-state index is 11.7. The topological polar surface area (TPSA) is 75.7 Å². The Bertz CT molecular complexity index is 333. The van der Waals surface area contributed by atoms with Gasteiger partial charge in [0.05, 0.1) is 7.11 Å². The van der Waals surface area contributed by atoms with Crippen molar-refractivity contribution in [3.8, 4) is 0 Å². The molecule has 0 unspecified atom stereocenters. The fourth-order valence-electron chi connectivity index (χ4n) is 1.54. The number of piperidine rings is 1. The molecule has 6 nitrogen and oxygen atoms in total. The van der Waals surface area contributed by atoms with Gasteiger partial charge in [-0.05, 0) is 18.8 Å². The first-order valence-corrected chi connectivity index (χ1v) is 6.71. The fourth-order valence-corrected chi connectivity index (χ4v) is 2.71. The van der Waals surface area contributed by atoms with Gasteiger partial charge in [-0.15, -0.1) is 0 Å². The Hall–Kier alpha value is -0.660. The highest BCUT2D eigenvalue weighted by Gasteiger charge is 2.26. The molecule has 0 atom stereocenters. The molecule has 1 fully saturated rings. The Kier molecular flexibility index (Phi) is 4.69. The maximum absolute atomic E-state index is 11.7. The predicted octanol–water partition coefficient (Wildman–Crippen LogP) is -0.274. The lowest BCUT2D eigenvalue weighted by Gasteiger charge is -2.29. The Morgan fingerprint density at radius 3 is 2.50 bits per heavy atom. The molecule has 1 aliphatic rings. The second-order valence-corrected chi connectivity index (χ2v) is 5.74. The van der Waals surface area contributed by atoms with Gasteiger partial charge < -0.3 is 4.74 Å². The van der Waals surface area contributed by atoms with Crippen LogP contribution in [0.2, 0.25) is 0 Å². The van der Waals surface area contributed by atoms with Crippen molar-refractivity contribution in [2.45, 2.75) is 19.8 Å². The summed E-state index contributed by atoms with van der Waals surface area (Å²) in [5.74, 6) is -0.0268. The van der Waals surface area contributed by atoms with E-state index >= 15 is 0 Å². The molecule has 0 aromatic heterocycles. The summed E-state index contributed by atoms with van der Waals surface area (Å²) in [7, 11) is -2.31. The summed E-state index contributed by atoms with van der Waals surface area (Å²) in [6.45, 7) is 2.81. The van der Waals surface area contributed by atoms with Crippen LogP contribution in [0.4, 0.5) is 0 Å². The Labute approximate surface area is 96.1 Å². The molecule has 1 N–H and O–H groups in total. The van der Waals surface area contributed by atoms with E-state index in [1.54, 1.807) is 0 Å². The monoisotopic (exact) mass is 250 g/mol. The van der Waals surface area contributed by atoms with Gasteiger partial charge in [-0.3, -0.25) is 4.79 Å². The van der Waals surface area contributed by atoms with Crippen molar-refractivity contribution in [1.82, 2.24) is 9.03 Å². The SMILES string of the molecule is COC(=O)CNS(=O)(=O)N1CCC(C)CC1. The summed E-state index contributed by atoms with van der Waals surface area (Å²) in [6.07, 6.45) is 1.72. The first kappa shape index (κ1) is 13.4. The molecule has 1 aliphatic heterocycles. The largest absolute Gasteiger partial charge is 0.468 e. The minimum absolute atomic E-state index is 0.315. The minimum Gasteiger partial charge on any atom is -0.468 e. The second kappa shape index (κ2) is 5.60. The first-order chi connectivity index (χ1) is 7.45. The third kappa shape index (κ3) is 3.73. The van der Waals surface area contributed by atoms with E-state index < -0.39 is 16.2 Å².